The van der Waals surface area contributed by atoms with Crippen molar-refractivity contribution in [1.82, 2.24) is 4.90 Å². The Morgan fingerprint density at radius 1 is 1.39 bits per heavy atom. The average molecular weight is 246 g/mol. The molecule has 3 heteroatoms. The first-order valence-corrected chi connectivity index (χ1v) is 6.85. The fraction of sp³-hybridized carbons (Fsp3) is 0.533. The number of hydrogen-bond acceptors (Lipinski definition) is 2. The van der Waals surface area contributed by atoms with Gasteiger partial charge in [-0.15, -0.1) is 0 Å². The van der Waals surface area contributed by atoms with E-state index in [1.807, 2.05) is 35.2 Å². The zero-order valence-corrected chi connectivity index (χ0v) is 11.0. The fourth-order valence-electron chi connectivity index (χ4n) is 2.17. The van der Waals surface area contributed by atoms with Crippen LogP contribution in [0, 0.1) is 0 Å². The predicted molar refractivity (Wildman–Crippen MR) is 73.0 cm³/mol. The second-order valence-corrected chi connectivity index (χ2v) is 5.00. The molecule has 1 aromatic carbocycles. The van der Waals surface area contributed by atoms with E-state index >= 15 is 0 Å². The lowest BCUT2D eigenvalue weighted by Crippen LogP contribution is -2.40. The highest BCUT2D eigenvalue weighted by Crippen LogP contribution is 2.29. The summed E-state index contributed by atoms with van der Waals surface area (Å²) in [6.45, 7) is 2.99. The molecule has 1 atom stereocenters. The smallest absolute Gasteiger partial charge is 0.244 e. The Bertz CT molecular complexity index is 387. The van der Waals surface area contributed by atoms with Crippen molar-refractivity contribution in [2.24, 2.45) is 5.73 Å². The van der Waals surface area contributed by atoms with Crippen molar-refractivity contribution >= 4 is 5.91 Å². The third-order valence-corrected chi connectivity index (χ3v) is 3.45. The maximum absolute atomic E-state index is 12.4. The minimum absolute atomic E-state index is 0.0807. The Morgan fingerprint density at radius 3 is 2.61 bits per heavy atom. The van der Waals surface area contributed by atoms with E-state index in [9.17, 15) is 4.79 Å². The minimum Gasteiger partial charge on any atom is -0.338 e. The summed E-state index contributed by atoms with van der Waals surface area (Å²) in [7, 11) is 0. The first-order chi connectivity index (χ1) is 8.74. The van der Waals surface area contributed by atoms with Gasteiger partial charge >= 0.3 is 0 Å². The van der Waals surface area contributed by atoms with Crippen LogP contribution < -0.4 is 5.73 Å². The summed E-state index contributed by atoms with van der Waals surface area (Å²) in [4.78, 5) is 14.4. The summed E-state index contributed by atoms with van der Waals surface area (Å²) in [5, 5.41) is 0. The molecule has 0 heterocycles. The molecule has 1 fully saturated rings. The van der Waals surface area contributed by atoms with Gasteiger partial charge in [0.05, 0.1) is 0 Å². The molecule has 1 aliphatic carbocycles. The molecule has 0 aromatic heterocycles. The predicted octanol–water partition coefficient (Wildman–Crippen LogP) is 2.48. The number of carbonyl (C=O) groups excluding carboxylic acids is 1. The number of hydrogen-bond donors (Lipinski definition) is 1. The molecule has 0 spiro atoms. The Morgan fingerprint density at radius 2 is 2.06 bits per heavy atom. The van der Waals surface area contributed by atoms with E-state index in [4.69, 9.17) is 5.73 Å². The Kier molecular flexibility index (Phi) is 4.37. The molecular weight excluding hydrogens is 224 g/mol. The highest BCUT2D eigenvalue weighted by molar-refractivity contribution is 5.83. The molecule has 1 saturated carbocycles. The topological polar surface area (TPSA) is 46.3 Å². The van der Waals surface area contributed by atoms with Crippen LogP contribution >= 0.6 is 0 Å². The molecule has 0 saturated heterocycles. The van der Waals surface area contributed by atoms with Gasteiger partial charge in [-0.05, 0) is 24.8 Å². The Balaban J connectivity index is 2.03. The van der Waals surface area contributed by atoms with Crippen molar-refractivity contribution in [1.29, 1.82) is 0 Å². The van der Waals surface area contributed by atoms with Crippen molar-refractivity contribution in [3.8, 4) is 0 Å². The summed E-state index contributed by atoms with van der Waals surface area (Å²) in [6.07, 6.45) is 4.44. The summed E-state index contributed by atoms with van der Waals surface area (Å²) < 4.78 is 0. The normalized spacial score (nSPS) is 16.3. The third-order valence-electron chi connectivity index (χ3n) is 3.45. The number of nitrogens with zero attached hydrogens (tertiary/aromatic N) is 1. The van der Waals surface area contributed by atoms with Gasteiger partial charge in [-0.3, -0.25) is 4.79 Å². The lowest BCUT2D eigenvalue weighted by Gasteiger charge is -2.25. The molecule has 3 nitrogen and oxygen atoms in total. The van der Waals surface area contributed by atoms with E-state index in [1.54, 1.807) is 0 Å². The fourth-order valence-corrected chi connectivity index (χ4v) is 2.17. The molecule has 1 amide bonds. The quantitative estimate of drug-likeness (QED) is 0.838. The van der Waals surface area contributed by atoms with Gasteiger partial charge in [0, 0.05) is 12.6 Å². The zero-order chi connectivity index (χ0) is 13.0. The van der Waals surface area contributed by atoms with Gasteiger partial charge in [-0.25, -0.2) is 0 Å². The summed E-state index contributed by atoms with van der Waals surface area (Å²) in [5.41, 5.74) is 6.99. The molecule has 1 aliphatic rings. The van der Waals surface area contributed by atoms with Crippen LogP contribution in [0.4, 0.5) is 0 Å². The molecule has 2 N–H and O–H groups in total. The molecule has 0 aliphatic heterocycles. The van der Waals surface area contributed by atoms with Crippen LogP contribution in [0.5, 0.6) is 0 Å². The number of rotatable bonds is 6. The minimum atomic E-state index is -0.511. The zero-order valence-electron chi connectivity index (χ0n) is 11.0. The summed E-state index contributed by atoms with van der Waals surface area (Å²) >= 11 is 0. The van der Waals surface area contributed by atoms with Crippen LogP contribution in [0.15, 0.2) is 30.3 Å². The summed E-state index contributed by atoms with van der Waals surface area (Å²) in [6, 6.07) is 9.58. The van der Waals surface area contributed by atoms with Crippen molar-refractivity contribution in [3.63, 3.8) is 0 Å². The van der Waals surface area contributed by atoms with E-state index in [0.717, 1.165) is 37.8 Å². The average Bonchev–Trinajstić information content (AvgIpc) is 3.24. The highest BCUT2D eigenvalue weighted by Gasteiger charge is 2.34. The molecule has 0 radical (unpaired) electrons. The number of benzene rings is 1. The van der Waals surface area contributed by atoms with E-state index in [1.165, 1.54) is 0 Å². The second kappa shape index (κ2) is 6.01. The van der Waals surface area contributed by atoms with Gasteiger partial charge in [0.2, 0.25) is 5.91 Å². The van der Waals surface area contributed by atoms with Gasteiger partial charge in [0.1, 0.15) is 6.04 Å². The Labute approximate surface area is 109 Å². The molecule has 18 heavy (non-hydrogen) atoms. The summed E-state index contributed by atoms with van der Waals surface area (Å²) in [5.74, 6) is 0.0807. The van der Waals surface area contributed by atoms with E-state index in [2.05, 4.69) is 6.92 Å². The van der Waals surface area contributed by atoms with Crippen molar-refractivity contribution in [2.45, 2.75) is 44.7 Å². The highest BCUT2D eigenvalue weighted by atomic mass is 16.2. The van der Waals surface area contributed by atoms with Crippen molar-refractivity contribution in [3.05, 3.63) is 35.9 Å². The van der Waals surface area contributed by atoms with Gasteiger partial charge in [0.15, 0.2) is 0 Å². The Hall–Kier alpha value is -1.35. The first kappa shape index (κ1) is 13.1. The lowest BCUT2D eigenvalue weighted by molar-refractivity contribution is -0.133. The number of amides is 1. The number of carbonyl (C=O) groups is 1. The van der Waals surface area contributed by atoms with Gasteiger partial charge < -0.3 is 10.6 Å². The molecule has 0 unspecified atom stereocenters. The van der Waals surface area contributed by atoms with Crippen molar-refractivity contribution < 1.29 is 4.79 Å². The molecule has 98 valence electrons. The molecular formula is C15H22N2O. The van der Waals surface area contributed by atoms with Gasteiger partial charge in [-0.2, -0.15) is 0 Å². The second-order valence-electron chi connectivity index (χ2n) is 5.00. The van der Waals surface area contributed by atoms with Crippen LogP contribution in [0.25, 0.3) is 0 Å². The van der Waals surface area contributed by atoms with Crippen LogP contribution in [-0.2, 0) is 4.79 Å². The standard InChI is InChI=1S/C15H22N2O/c1-2-3-11-17(13-9-10-13)15(18)14(16)12-7-5-4-6-8-12/h4-8,13-14H,2-3,9-11,16H2,1H3/t14-/m0/s1. The van der Waals surface area contributed by atoms with E-state index in [0.29, 0.717) is 6.04 Å². The van der Waals surface area contributed by atoms with Crippen LogP contribution in [0.1, 0.15) is 44.2 Å². The molecule has 0 bridgehead atoms. The van der Waals surface area contributed by atoms with Crippen LogP contribution in [0.2, 0.25) is 0 Å². The van der Waals surface area contributed by atoms with Crippen molar-refractivity contribution in [2.75, 3.05) is 6.54 Å². The maximum Gasteiger partial charge on any atom is 0.244 e. The monoisotopic (exact) mass is 246 g/mol. The van der Waals surface area contributed by atoms with Gasteiger partial charge in [-0.1, -0.05) is 43.7 Å². The lowest BCUT2D eigenvalue weighted by atomic mass is 10.1. The van der Waals surface area contributed by atoms with E-state index < -0.39 is 6.04 Å². The first-order valence-electron chi connectivity index (χ1n) is 6.85. The largest absolute Gasteiger partial charge is 0.338 e. The van der Waals surface area contributed by atoms with E-state index in [-0.39, 0.29) is 5.91 Å². The maximum atomic E-state index is 12.4. The third kappa shape index (κ3) is 3.10. The number of nitrogens with two attached hydrogens (primary N) is 1. The van der Waals surface area contributed by atoms with Crippen LogP contribution in [-0.4, -0.2) is 23.4 Å². The molecule has 2 rings (SSSR count). The molecule has 1 aromatic rings. The van der Waals surface area contributed by atoms with Crippen LogP contribution in [0.3, 0.4) is 0 Å². The SMILES string of the molecule is CCCCN(C(=O)[C@@H](N)c1ccccc1)C1CC1. The number of unbranched alkanes of at least 4 members (excludes halogenated alkanes) is 1. The van der Waals surface area contributed by atoms with Gasteiger partial charge in [0.25, 0.3) is 0 Å².